The van der Waals surface area contributed by atoms with Crippen molar-refractivity contribution in [1.29, 1.82) is 0 Å². The molecule has 0 aromatic rings. The minimum Gasteiger partial charge on any atom is -0.469 e. The Kier molecular flexibility index (Phi) is 4.53. The molecule has 1 rings (SSSR count). The van der Waals surface area contributed by atoms with Crippen molar-refractivity contribution < 1.29 is 14.3 Å². The van der Waals surface area contributed by atoms with Crippen LogP contribution in [-0.4, -0.2) is 19.4 Å². The minimum atomic E-state index is -0.156. The molecule has 0 bridgehead atoms. The van der Waals surface area contributed by atoms with Gasteiger partial charge in [0.1, 0.15) is 6.29 Å². The molecule has 0 aromatic heterocycles. The van der Waals surface area contributed by atoms with Crippen molar-refractivity contribution in [2.45, 2.75) is 32.6 Å². The third-order valence-corrected chi connectivity index (χ3v) is 2.74. The Bertz CT molecular complexity index is 268. The van der Waals surface area contributed by atoms with Gasteiger partial charge in [0.05, 0.1) is 13.0 Å². The van der Waals surface area contributed by atoms with Crippen LogP contribution in [0.15, 0.2) is 11.6 Å². The lowest BCUT2D eigenvalue weighted by atomic mass is 10.1. The van der Waals surface area contributed by atoms with Crippen LogP contribution >= 0.6 is 0 Å². The van der Waals surface area contributed by atoms with E-state index in [1.165, 1.54) is 7.11 Å². The number of methoxy groups -OCH3 is 1. The highest BCUT2D eigenvalue weighted by Gasteiger charge is 2.42. The van der Waals surface area contributed by atoms with Crippen LogP contribution in [0, 0.1) is 11.8 Å². The van der Waals surface area contributed by atoms with Crippen LogP contribution in [0.3, 0.4) is 0 Å². The van der Waals surface area contributed by atoms with Crippen molar-refractivity contribution in [3.05, 3.63) is 11.6 Å². The minimum absolute atomic E-state index is 0.00780. The Morgan fingerprint density at radius 2 is 2.27 bits per heavy atom. The maximum atomic E-state index is 11.1. The monoisotopic (exact) mass is 210 g/mol. The molecule has 2 atom stereocenters. The zero-order chi connectivity index (χ0) is 11.3. The molecule has 84 valence electrons. The fourth-order valence-electron chi connectivity index (χ4n) is 1.66. The number of hydrogen-bond acceptors (Lipinski definition) is 3. The predicted octanol–water partition coefficient (Wildman–Crippen LogP) is 2.11. The number of carbonyl (C=O) groups is 2. The average Bonchev–Trinajstić information content (AvgIpc) is 3.02. The highest BCUT2D eigenvalue weighted by molar-refractivity contribution is 5.78. The molecule has 0 aliphatic heterocycles. The van der Waals surface area contributed by atoms with Gasteiger partial charge in [-0.3, -0.25) is 9.59 Å². The average molecular weight is 210 g/mol. The molecule has 0 aromatic carbocycles. The van der Waals surface area contributed by atoms with E-state index in [-0.39, 0.29) is 17.8 Å². The van der Waals surface area contributed by atoms with Crippen LogP contribution in [0.4, 0.5) is 0 Å². The second kappa shape index (κ2) is 5.69. The Balaban J connectivity index is 2.42. The first-order valence-electron chi connectivity index (χ1n) is 5.46. The summed E-state index contributed by atoms with van der Waals surface area (Å²) < 4.78 is 4.64. The number of ether oxygens (including phenoxy) is 1. The number of hydrogen-bond donors (Lipinski definition) is 0. The third-order valence-electron chi connectivity index (χ3n) is 2.74. The topological polar surface area (TPSA) is 43.4 Å². The summed E-state index contributed by atoms with van der Waals surface area (Å²) in [6.45, 7) is 2.09. The SMILES string of the molecule is CCCC/C(C=O)=C/C1CC1C(=O)OC. The molecular weight excluding hydrogens is 192 g/mol. The predicted molar refractivity (Wildman–Crippen MR) is 57.3 cm³/mol. The quantitative estimate of drug-likeness (QED) is 0.383. The normalized spacial score (nSPS) is 24.8. The van der Waals surface area contributed by atoms with Gasteiger partial charge in [-0.1, -0.05) is 19.4 Å². The molecule has 1 saturated carbocycles. The lowest BCUT2D eigenvalue weighted by Gasteiger charge is -1.98. The zero-order valence-corrected chi connectivity index (χ0v) is 9.36. The summed E-state index contributed by atoms with van der Waals surface area (Å²) in [5.41, 5.74) is 0.827. The summed E-state index contributed by atoms with van der Waals surface area (Å²) in [6.07, 6.45) is 6.60. The second-order valence-corrected chi connectivity index (χ2v) is 3.99. The van der Waals surface area contributed by atoms with E-state index in [2.05, 4.69) is 11.7 Å². The Hall–Kier alpha value is -1.12. The summed E-state index contributed by atoms with van der Waals surface area (Å²) in [5, 5.41) is 0. The molecule has 0 radical (unpaired) electrons. The first-order chi connectivity index (χ1) is 7.22. The van der Waals surface area contributed by atoms with Gasteiger partial charge < -0.3 is 4.74 Å². The molecule has 0 heterocycles. The van der Waals surface area contributed by atoms with Gasteiger partial charge in [-0.05, 0) is 30.8 Å². The third kappa shape index (κ3) is 3.50. The van der Waals surface area contributed by atoms with Gasteiger partial charge in [-0.15, -0.1) is 0 Å². The van der Waals surface area contributed by atoms with Crippen LogP contribution in [0.2, 0.25) is 0 Å². The molecule has 0 N–H and O–H groups in total. The highest BCUT2D eigenvalue weighted by Crippen LogP contribution is 2.41. The Morgan fingerprint density at radius 3 is 2.80 bits per heavy atom. The van der Waals surface area contributed by atoms with Crippen molar-refractivity contribution in [2.24, 2.45) is 11.8 Å². The molecule has 1 aliphatic carbocycles. The number of carbonyl (C=O) groups excluding carboxylic acids is 2. The van der Waals surface area contributed by atoms with Gasteiger partial charge >= 0.3 is 5.97 Å². The van der Waals surface area contributed by atoms with E-state index in [1.807, 2.05) is 6.08 Å². The molecule has 15 heavy (non-hydrogen) atoms. The Labute approximate surface area is 90.5 Å². The van der Waals surface area contributed by atoms with Crippen molar-refractivity contribution in [1.82, 2.24) is 0 Å². The zero-order valence-electron chi connectivity index (χ0n) is 9.36. The van der Waals surface area contributed by atoms with E-state index < -0.39 is 0 Å². The molecule has 3 heteroatoms. The van der Waals surface area contributed by atoms with Crippen molar-refractivity contribution in [2.75, 3.05) is 7.11 Å². The first-order valence-corrected chi connectivity index (χ1v) is 5.46. The van der Waals surface area contributed by atoms with Crippen molar-refractivity contribution in [3.63, 3.8) is 0 Å². The number of allylic oxidation sites excluding steroid dienone is 2. The lowest BCUT2D eigenvalue weighted by molar-refractivity contribution is -0.142. The number of rotatable bonds is 6. The second-order valence-electron chi connectivity index (χ2n) is 3.99. The van der Waals surface area contributed by atoms with E-state index in [1.54, 1.807) is 0 Å². The van der Waals surface area contributed by atoms with Gasteiger partial charge in [0, 0.05) is 0 Å². The van der Waals surface area contributed by atoms with Gasteiger partial charge in [0.2, 0.25) is 0 Å². The number of unbranched alkanes of at least 4 members (excludes halogenated alkanes) is 1. The van der Waals surface area contributed by atoms with E-state index in [4.69, 9.17) is 0 Å². The summed E-state index contributed by atoms with van der Waals surface area (Å²) in [5.74, 6) is 0.0677. The van der Waals surface area contributed by atoms with Crippen molar-refractivity contribution in [3.8, 4) is 0 Å². The molecule has 0 amide bonds. The van der Waals surface area contributed by atoms with E-state index in [9.17, 15) is 9.59 Å². The number of esters is 1. The van der Waals surface area contributed by atoms with Gasteiger partial charge in [-0.25, -0.2) is 0 Å². The molecule has 1 aliphatic rings. The summed E-state index contributed by atoms with van der Waals surface area (Å²) in [6, 6.07) is 0. The summed E-state index contributed by atoms with van der Waals surface area (Å²) in [4.78, 5) is 21.9. The largest absolute Gasteiger partial charge is 0.469 e. The molecule has 3 nitrogen and oxygen atoms in total. The van der Waals surface area contributed by atoms with E-state index >= 15 is 0 Å². The van der Waals surface area contributed by atoms with Crippen LogP contribution in [0.25, 0.3) is 0 Å². The van der Waals surface area contributed by atoms with Crippen LogP contribution in [0.5, 0.6) is 0 Å². The fourth-order valence-corrected chi connectivity index (χ4v) is 1.66. The van der Waals surface area contributed by atoms with E-state index in [0.717, 1.165) is 37.5 Å². The van der Waals surface area contributed by atoms with Gasteiger partial charge in [0.15, 0.2) is 0 Å². The van der Waals surface area contributed by atoms with Crippen LogP contribution in [-0.2, 0) is 14.3 Å². The smallest absolute Gasteiger partial charge is 0.309 e. The molecule has 2 unspecified atom stereocenters. The maximum Gasteiger partial charge on any atom is 0.309 e. The molecule has 1 fully saturated rings. The molecule has 0 spiro atoms. The molecular formula is C12H18O3. The summed E-state index contributed by atoms with van der Waals surface area (Å²) in [7, 11) is 1.40. The summed E-state index contributed by atoms with van der Waals surface area (Å²) >= 11 is 0. The fraction of sp³-hybridized carbons (Fsp3) is 0.667. The van der Waals surface area contributed by atoms with Gasteiger partial charge in [0.25, 0.3) is 0 Å². The van der Waals surface area contributed by atoms with Crippen LogP contribution in [0.1, 0.15) is 32.6 Å². The van der Waals surface area contributed by atoms with Crippen molar-refractivity contribution >= 4 is 12.3 Å². The maximum absolute atomic E-state index is 11.1. The molecule has 0 saturated heterocycles. The standard InChI is InChI=1S/C12H18O3/c1-3-4-5-9(8-13)6-10-7-11(10)12(14)15-2/h6,8,10-11H,3-5,7H2,1-2H3/b9-6-. The number of aldehydes is 1. The van der Waals surface area contributed by atoms with E-state index in [0.29, 0.717) is 0 Å². The lowest BCUT2D eigenvalue weighted by Crippen LogP contribution is -2.03. The van der Waals surface area contributed by atoms with Crippen LogP contribution < -0.4 is 0 Å². The Morgan fingerprint density at radius 1 is 1.53 bits per heavy atom. The highest BCUT2D eigenvalue weighted by atomic mass is 16.5. The van der Waals surface area contributed by atoms with Gasteiger partial charge in [-0.2, -0.15) is 0 Å². The first kappa shape index (κ1) is 12.0.